The van der Waals surface area contributed by atoms with Crippen LogP contribution in [0.5, 0.6) is 0 Å². The molecule has 0 bridgehead atoms. The molecule has 0 aliphatic heterocycles. The van der Waals surface area contributed by atoms with Crippen LogP contribution in [0.4, 0.5) is 0 Å². The third-order valence-corrected chi connectivity index (χ3v) is 4.67. The standard InChI is InChI=1S/C21H30O4/c1-16(2)8-7-13-24-20(22)18-11-6-12-19(14-18)21(23)25-15-17-9-4-3-5-10-17/h6,11-12,14,16-17H,3-5,7-10,13,15H2,1-2H3. The summed E-state index contributed by atoms with van der Waals surface area (Å²) in [5, 5.41) is 0. The van der Waals surface area contributed by atoms with Crippen LogP contribution >= 0.6 is 0 Å². The summed E-state index contributed by atoms with van der Waals surface area (Å²) in [5.41, 5.74) is 0.809. The average Bonchev–Trinajstić information content (AvgIpc) is 2.64. The Morgan fingerprint density at radius 2 is 1.68 bits per heavy atom. The lowest BCUT2D eigenvalue weighted by Gasteiger charge is -2.21. The molecule has 1 saturated carbocycles. The number of hydrogen-bond donors (Lipinski definition) is 0. The molecule has 0 amide bonds. The number of carbonyl (C=O) groups is 2. The van der Waals surface area contributed by atoms with E-state index in [-0.39, 0.29) is 11.9 Å². The maximum absolute atomic E-state index is 12.2. The van der Waals surface area contributed by atoms with Gasteiger partial charge in [0.2, 0.25) is 0 Å². The first-order valence-corrected chi connectivity index (χ1v) is 9.50. The van der Waals surface area contributed by atoms with E-state index in [2.05, 4.69) is 13.8 Å². The van der Waals surface area contributed by atoms with Crippen molar-refractivity contribution in [2.45, 2.75) is 58.8 Å². The zero-order valence-corrected chi connectivity index (χ0v) is 15.5. The molecular weight excluding hydrogens is 316 g/mol. The number of rotatable bonds is 8. The zero-order valence-electron chi connectivity index (χ0n) is 15.5. The third kappa shape index (κ3) is 6.89. The Kier molecular flexibility index (Phi) is 7.96. The van der Waals surface area contributed by atoms with Crippen LogP contribution in [0.1, 0.15) is 79.5 Å². The van der Waals surface area contributed by atoms with Crippen LogP contribution in [0.2, 0.25) is 0 Å². The van der Waals surface area contributed by atoms with Gasteiger partial charge in [0.05, 0.1) is 24.3 Å². The van der Waals surface area contributed by atoms with Gasteiger partial charge in [-0.1, -0.05) is 39.2 Å². The van der Waals surface area contributed by atoms with Crippen LogP contribution in [0.25, 0.3) is 0 Å². The van der Waals surface area contributed by atoms with Crippen LogP contribution < -0.4 is 0 Å². The van der Waals surface area contributed by atoms with Crippen LogP contribution in [0.15, 0.2) is 24.3 Å². The van der Waals surface area contributed by atoms with E-state index in [1.807, 2.05) is 0 Å². The fraction of sp³-hybridized carbons (Fsp3) is 0.619. The summed E-state index contributed by atoms with van der Waals surface area (Å²) in [5.74, 6) is 0.332. The Labute approximate surface area is 150 Å². The summed E-state index contributed by atoms with van der Waals surface area (Å²) in [7, 11) is 0. The Balaban J connectivity index is 1.82. The van der Waals surface area contributed by atoms with Crippen LogP contribution in [-0.4, -0.2) is 25.2 Å². The first kappa shape index (κ1) is 19.5. The lowest BCUT2D eigenvalue weighted by molar-refractivity contribution is 0.0410. The van der Waals surface area contributed by atoms with Gasteiger partial charge < -0.3 is 9.47 Å². The van der Waals surface area contributed by atoms with Crippen molar-refractivity contribution in [3.05, 3.63) is 35.4 Å². The molecule has 2 rings (SSSR count). The van der Waals surface area contributed by atoms with E-state index in [1.54, 1.807) is 24.3 Å². The van der Waals surface area contributed by atoms with Gasteiger partial charge in [-0.2, -0.15) is 0 Å². The molecule has 1 fully saturated rings. The quantitative estimate of drug-likeness (QED) is 0.490. The van der Waals surface area contributed by atoms with Crippen molar-refractivity contribution in [1.29, 1.82) is 0 Å². The van der Waals surface area contributed by atoms with Gasteiger partial charge in [0, 0.05) is 0 Å². The van der Waals surface area contributed by atoms with Crippen molar-refractivity contribution in [1.82, 2.24) is 0 Å². The van der Waals surface area contributed by atoms with Crippen LogP contribution in [0, 0.1) is 11.8 Å². The highest BCUT2D eigenvalue weighted by molar-refractivity contribution is 5.95. The van der Waals surface area contributed by atoms with Crippen molar-refractivity contribution in [2.75, 3.05) is 13.2 Å². The first-order chi connectivity index (χ1) is 12.1. The maximum Gasteiger partial charge on any atom is 0.338 e. The minimum Gasteiger partial charge on any atom is -0.462 e. The highest BCUT2D eigenvalue weighted by Crippen LogP contribution is 2.24. The van der Waals surface area contributed by atoms with Crippen molar-refractivity contribution >= 4 is 11.9 Å². The van der Waals surface area contributed by atoms with E-state index < -0.39 is 0 Å². The second kappa shape index (κ2) is 10.2. The molecule has 4 heteroatoms. The fourth-order valence-electron chi connectivity index (χ4n) is 3.14. The van der Waals surface area contributed by atoms with Gasteiger partial charge in [0.25, 0.3) is 0 Å². The number of esters is 2. The number of benzene rings is 1. The van der Waals surface area contributed by atoms with Gasteiger partial charge in [0.15, 0.2) is 0 Å². The molecule has 0 heterocycles. The SMILES string of the molecule is CC(C)CCCOC(=O)c1cccc(C(=O)OCC2CCCCC2)c1. The molecule has 4 nitrogen and oxygen atoms in total. The number of ether oxygens (including phenoxy) is 2. The first-order valence-electron chi connectivity index (χ1n) is 9.50. The second-order valence-electron chi connectivity index (χ2n) is 7.36. The molecule has 0 aromatic heterocycles. The Hall–Kier alpha value is -1.84. The molecule has 25 heavy (non-hydrogen) atoms. The highest BCUT2D eigenvalue weighted by atomic mass is 16.5. The van der Waals surface area contributed by atoms with Gasteiger partial charge in [-0.3, -0.25) is 0 Å². The van der Waals surface area contributed by atoms with Gasteiger partial charge in [-0.05, 0) is 55.7 Å². The topological polar surface area (TPSA) is 52.6 Å². The fourth-order valence-corrected chi connectivity index (χ4v) is 3.14. The monoisotopic (exact) mass is 346 g/mol. The molecule has 0 unspecified atom stereocenters. The molecule has 1 aliphatic rings. The number of hydrogen-bond acceptors (Lipinski definition) is 4. The normalized spacial score (nSPS) is 15.2. The Morgan fingerprint density at radius 1 is 1.04 bits per heavy atom. The summed E-state index contributed by atoms with van der Waals surface area (Å²) < 4.78 is 10.7. The summed E-state index contributed by atoms with van der Waals surface area (Å²) in [6.45, 7) is 5.17. The minimum atomic E-state index is -0.384. The molecule has 1 aliphatic carbocycles. The van der Waals surface area contributed by atoms with Crippen molar-refractivity contribution in [3.63, 3.8) is 0 Å². The third-order valence-electron chi connectivity index (χ3n) is 4.67. The molecule has 0 radical (unpaired) electrons. The lowest BCUT2D eigenvalue weighted by atomic mass is 9.90. The van der Waals surface area contributed by atoms with Gasteiger partial charge >= 0.3 is 11.9 Å². The maximum atomic E-state index is 12.2. The Morgan fingerprint density at radius 3 is 2.32 bits per heavy atom. The molecule has 1 aromatic rings. The van der Waals surface area contributed by atoms with Gasteiger partial charge in [0.1, 0.15) is 0 Å². The number of carbonyl (C=O) groups excluding carboxylic acids is 2. The van der Waals surface area contributed by atoms with Gasteiger partial charge in [-0.25, -0.2) is 9.59 Å². The predicted molar refractivity (Wildman–Crippen MR) is 97.7 cm³/mol. The molecular formula is C21H30O4. The molecule has 138 valence electrons. The lowest BCUT2D eigenvalue weighted by Crippen LogP contribution is -2.17. The molecule has 0 atom stereocenters. The second-order valence-corrected chi connectivity index (χ2v) is 7.36. The molecule has 1 aromatic carbocycles. The summed E-state index contributed by atoms with van der Waals surface area (Å²) >= 11 is 0. The Bertz CT molecular complexity index is 559. The van der Waals surface area contributed by atoms with E-state index in [0.717, 1.165) is 25.7 Å². The van der Waals surface area contributed by atoms with E-state index in [1.165, 1.54) is 19.3 Å². The highest BCUT2D eigenvalue weighted by Gasteiger charge is 2.17. The zero-order chi connectivity index (χ0) is 18.1. The minimum absolute atomic E-state index is 0.361. The molecule has 0 spiro atoms. The largest absolute Gasteiger partial charge is 0.462 e. The smallest absolute Gasteiger partial charge is 0.338 e. The van der Waals surface area contributed by atoms with Crippen LogP contribution in [-0.2, 0) is 9.47 Å². The summed E-state index contributed by atoms with van der Waals surface area (Å²) in [4.78, 5) is 24.3. The van der Waals surface area contributed by atoms with Crippen LogP contribution in [0.3, 0.4) is 0 Å². The summed E-state index contributed by atoms with van der Waals surface area (Å²) in [6.07, 6.45) is 7.88. The van der Waals surface area contributed by atoms with E-state index in [0.29, 0.717) is 36.2 Å². The van der Waals surface area contributed by atoms with Crippen molar-refractivity contribution < 1.29 is 19.1 Å². The van der Waals surface area contributed by atoms with E-state index >= 15 is 0 Å². The van der Waals surface area contributed by atoms with E-state index in [9.17, 15) is 9.59 Å². The predicted octanol–water partition coefficient (Wildman–Crippen LogP) is 5.02. The van der Waals surface area contributed by atoms with Crippen molar-refractivity contribution in [3.8, 4) is 0 Å². The van der Waals surface area contributed by atoms with Crippen molar-refractivity contribution in [2.24, 2.45) is 11.8 Å². The molecule has 0 N–H and O–H groups in total. The van der Waals surface area contributed by atoms with E-state index in [4.69, 9.17) is 9.47 Å². The summed E-state index contributed by atoms with van der Waals surface area (Å²) in [6, 6.07) is 6.61. The molecule has 0 saturated heterocycles. The average molecular weight is 346 g/mol. The van der Waals surface area contributed by atoms with Gasteiger partial charge in [-0.15, -0.1) is 0 Å².